The zero-order valence-electron chi connectivity index (χ0n) is 11.7. The van der Waals surface area contributed by atoms with Crippen molar-refractivity contribution in [2.24, 2.45) is 0 Å². The van der Waals surface area contributed by atoms with Gasteiger partial charge in [0.1, 0.15) is 5.82 Å². The number of rotatable bonds is 5. The van der Waals surface area contributed by atoms with Crippen LogP contribution in [0, 0.1) is 5.82 Å². The molecule has 116 valence electrons. The van der Waals surface area contributed by atoms with Crippen LogP contribution in [0.4, 0.5) is 10.1 Å². The highest BCUT2D eigenvalue weighted by atomic mass is 32.2. The summed E-state index contributed by atoms with van der Waals surface area (Å²) in [7, 11) is -3.81. The minimum absolute atomic E-state index is 0.0524. The van der Waals surface area contributed by atoms with E-state index in [9.17, 15) is 17.6 Å². The van der Waals surface area contributed by atoms with E-state index in [-0.39, 0.29) is 17.2 Å². The van der Waals surface area contributed by atoms with Crippen LogP contribution in [-0.2, 0) is 14.8 Å². The molecule has 1 N–H and O–H groups in total. The minimum Gasteiger partial charge on any atom is -0.462 e. The summed E-state index contributed by atoms with van der Waals surface area (Å²) in [4.78, 5) is 11.4. The Labute approximate surface area is 127 Å². The van der Waals surface area contributed by atoms with Crippen LogP contribution in [0.1, 0.15) is 17.3 Å². The summed E-state index contributed by atoms with van der Waals surface area (Å²) in [6.07, 6.45) is 0. The Morgan fingerprint density at radius 3 is 2.23 bits per heavy atom. The number of anilines is 1. The monoisotopic (exact) mass is 323 g/mol. The van der Waals surface area contributed by atoms with E-state index in [1.54, 1.807) is 6.92 Å². The van der Waals surface area contributed by atoms with Crippen molar-refractivity contribution in [2.75, 3.05) is 11.3 Å². The van der Waals surface area contributed by atoms with Crippen molar-refractivity contribution in [3.8, 4) is 0 Å². The Balaban J connectivity index is 2.16. The summed E-state index contributed by atoms with van der Waals surface area (Å²) in [5, 5.41) is 0. The van der Waals surface area contributed by atoms with Gasteiger partial charge < -0.3 is 4.74 Å². The van der Waals surface area contributed by atoms with Gasteiger partial charge in [-0.15, -0.1) is 0 Å². The van der Waals surface area contributed by atoms with Crippen LogP contribution in [0.15, 0.2) is 53.4 Å². The van der Waals surface area contributed by atoms with Crippen LogP contribution >= 0.6 is 0 Å². The third-order valence-electron chi connectivity index (χ3n) is 2.77. The van der Waals surface area contributed by atoms with Crippen molar-refractivity contribution in [3.05, 3.63) is 59.9 Å². The number of hydrogen-bond donors (Lipinski definition) is 1. The first-order chi connectivity index (χ1) is 10.4. The summed E-state index contributed by atoms with van der Waals surface area (Å²) < 4.78 is 44.2. The van der Waals surface area contributed by atoms with Gasteiger partial charge in [-0.2, -0.15) is 0 Å². The van der Waals surface area contributed by atoms with Gasteiger partial charge in [-0.3, -0.25) is 4.72 Å². The van der Waals surface area contributed by atoms with Crippen molar-refractivity contribution in [3.63, 3.8) is 0 Å². The summed E-state index contributed by atoms with van der Waals surface area (Å²) in [6, 6.07) is 10.3. The van der Waals surface area contributed by atoms with Crippen LogP contribution in [0.3, 0.4) is 0 Å². The van der Waals surface area contributed by atoms with Crippen LogP contribution in [0.5, 0.6) is 0 Å². The molecule has 0 radical (unpaired) electrons. The van der Waals surface area contributed by atoms with Crippen molar-refractivity contribution in [1.29, 1.82) is 0 Å². The lowest BCUT2D eigenvalue weighted by Crippen LogP contribution is -2.13. The van der Waals surface area contributed by atoms with Crippen molar-refractivity contribution in [2.45, 2.75) is 11.8 Å². The molecule has 7 heteroatoms. The number of benzene rings is 2. The number of nitrogens with one attached hydrogen (secondary N) is 1. The van der Waals surface area contributed by atoms with Gasteiger partial charge in [0.05, 0.1) is 17.1 Å². The summed E-state index contributed by atoms with van der Waals surface area (Å²) in [5.74, 6) is -0.992. The topological polar surface area (TPSA) is 72.5 Å². The first kappa shape index (κ1) is 16.0. The molecule has 2 rings (SSSR count). The van der Waals surface area contributed by atoms with Crippen LogP contribution in [0.25, 0.3) is 0 Å². The van der Waals surface area contributed by atoms with E-state index in [0.29, 0.717) is 5.56 Å². The number of carbonyl (C=O) groups is 1. The molecule has 0 atom stereocenters. The zero-order valence-corrected chi connectivity index (χ0v) is 12.6. The minimum atomic E-state index is -3.81. The number of halogens is 1. The second kappa shape index (κ2) is 6.57. The molecule has 22 heavy (non-hydrogen) atoms. The maximum Gasteiger partial charge on any atom is 0.338 e. The first-order valence-corrected chi connectivity index (χ1v) is 7.96. The fourth-order valence-corrected chi connectivity index (χ4v) is 2.78. The number of esters is 1. The standard InChI is InChI=1S/C15H14FNO4S/c1-2-21-15(18)11-3-7-13(8-4-11)17-22(19,20)14-9-5-12(16)6-10-14/h3-10,17H,2H2,1H3. The van der Waals surface area contributed by atoms with Gasteiger partial charge in [-0.05, 0) is 55.5 Å². The van der Waals surface area contributed by atoms with Crippen molar-refractivity contribution >= 4 is 21.7 Å². The molecular weight excluding hydrogens is 309 g/mol. The molecule has 0 aliphatic heterocycles. The maximum absolute atomic E-state index is 12.8. The molecular formula is C15H14FNO4S. The van der Waals surface area contributed by atoms with E-state index in [4.69, 9.17) is 4.74 Å². The van der Waals surface area contributed by atoms with E-state index >= 15 is 0 Å². The number of ether oxygens (including phenoxy) is 1. The van der Waals surface area contributed by atoms with Gasteiger partial charge in [0, 0.05) is 5.69 Å². The summed E-state index contributed by atoms with van der Waals surface area (Å²) in [5.41, 5.74) is 0.615. The zero-order chi connectivity index (χ0) is 16.2. The fourth-order valence-electron chi connectivity index (χ4n) is 1.72. The largest absolute Gasteiger partial charge is 0.462 e. The van der Waals surface area contributed by atoms with E-state index in [1.807, 2.05) is 0 Å². The molecule has 0 saturated heterocycles. The number of carbonyl (C=O) groups excluding carboxylic acids is 1. The molecule has 2 aromatic rings. The lowest BCUT2D eigenvalue weighted by atomic mass is 10.2. The second-order valence-corrected chi connectivity index (χ2v) is 6.04. The smallest absolute Gasteiger partial charge is 0.338 e. The molecule has 5 nitrogen and oxygen atoms in total. The molecule has 0 heterocycles. The first-order valence-electron chi connectivity index (χ1n) is 6.48. The molecule has 0 amide bonds. The molecule has 0 aliphatic carbocycles. The van der Waals surface area contributed by atoms with Crippen LogP contribution in [0.2, 0.25) is 0 Å². The van der Waals surface area contributed by atoms with Gasteiger partial charge in [-0.25, -0.2) is 17.6 Å². The Hall–Kier alpha value is -2.41. The van der Waals surface area contributed by atoms with E-state index in [1.165, 1.54) is 36.4 Å². The highest BCUT2D eigenvalue weighted by Gasteiger charge is 2.14. The second-order valence-electron chi connectivity index (χ2n) is 4.36. The average molecular weight is 323 g/mol. The maximum atomic E-state index is 12.8. The molecule has 0 spiro atoms. The number of sulfonamides is 1. The quantitative estimate of drug-likeness (QED) is 0.859. The molecule has 0 aromatic heterocycles. The molecule has 0 saturated carbocycles. The lowest BCUT2D eigenvalue weighted by molar-refractivity contribution is 0.0526. The summed E-state index contributed by atoms with van der Waals surface area (Å²) >= 11 is 0. The molecule has 0 aliphatic rings. The molecule has 2 aromatic carbocycles. The van der Waals surface area contributed by atoms with Gasteiger partial charge in [0.2, 0.25) is 0 Å². The van der Waals surface area contributed by atoms with Crippen molar-refractivity contribution < 1.29 is 22.3 Å². The van der Waals surface area contributed by atoms with E-state index < -0.39 is 21.8 Å². The van der Waals surface area contributed by atoms with Crippen LogP contribution in [-0.4, -0.2) is 21.0 Å². The SMILES string of the molecule is CCOC(=O)c1ccc(NS(=O)(=O)c2ccc(F)cc2)cc1. The van der Waals surface area contributed by atoms with Gasteiger partial charge in [0.15, 0.2) is 0 Å². The highest BCUT2D eigenvalue weighted by Crippen LogP contribution is 2.17. The fraction of sp³-hybridized carbons (Fsp3) is 0.133. The third kappa shape index (κ3) is 3.82. The average Bonchev–Trinajstić information content (AvgIpc) is 2.48. The van der Waals surface area contributed by atoms with Crippen LogP contribution < -0.4 is 4.72 Å². The third-order valence-corrected chi connectivity index (χ3v) is 4.17. The predicted molar refractivity (Wildman–Crippen MR) is 79.6 cm³/mol. The molecule has 0 fully saturated rings. The van der Waals surface area contributed by atoms with Gasteiger partial charge >= 0.3 is 5.97 Å². The van der Waals surface area contributed by atoms with Crippen molar-refractivity contribution in [1.82, 2.24) is 0 Å². The van der Waals surface area contributed by atoms with Gasteiger partial charge in [0.25, 0.3) is 10.0 Å². The molecule has 0 unspecified atom stereocenters. The summed E-state index contributed by atoms with van der Waals surface area (Å²) in [6.45, 7) is 1.96. The Kier molecular flexibility index (Phi) is 4.77. The normalized spacial score (nSPS) is 11.0. The van der Waals surface area contributed by atoms with E-state index in [2.05, 4.69) is 4.72 Å². The van der Waals surface area contributed by atoms with Gasteiger partial charge in [-0.1, -0.05) is 0 Å². The molecule has 0 bridgehead atoms. The van der Waals surface area contributed by atoms with E-state index in [0.717, 1.165) is 12.1 Å². The highest BCUT2D eigenvalue weighted by molar-refractivity contribution is 7.92. The Morgan fingerprint density at radius 2 is 1.68 bits per heavy atom. The number of hydrogen-bond acceptors (Lipinski definition) is 4. The lowest BCUT2D eigenvalue weighted by Gasteiger charge is -2.08. The Morgan fingerprint density at radius 1 is 1.09 bits per heavy atom. The Bertz CT molecular complexity index is 755. The predicted octanol–water partition coefficient (Wildman–Crippen LogP) is 2.80.